The lowest BCUT2D eigenvalue weighted by atomic mass is 10.2. The monoisotopic (exact) mass is 311 g/mol. The van der Waals surface area contributed by atoms with E-state index < -0.39 is 9.84 Å². The van der Waals surface area contributed by atoms with Crippen LogP contribution in [-0.2, 0) is 16.4 Å². The third-order valence-electron chi connectivity index (χ3n) is 3.68. The fraction of sp³-hybridized carbons (Fsp3) is 0.538. The van der Waals surface area contributed by atoms with Crippen molar-refractivity contribution in [3.05, 3.63) is 24.3 Å². The Morgan fingerprint density at radius 1 is 1.48 bits per heavy atom. The van der Waals surface area contributed by atoms with Gasteiger partial charge in [-0.2, -0.15) is 4.98 Å². The van der Waals surface area contributed by atoms with E-state index in [4.69, 9.17) is 8.94 Å². The van der Waals surface area contributed by atoms with Crippen molar-refractivity contribution in [2.45, 2.75) is 25.9 Å². The summed E-state index contributed by atoms with van der Waals surface area (Å²) in [7, 11) is -2.90. The fourth-order valence-electron chi connectivity index (χ4n) is 2.56. The Morgan fingerprint density at radius 3 is 2.95 bits per heavy atom. The third-order valence-corrected chi connectivity index (χ3v) is 5.43. The minimum absolute atomic E-state index is 0.0268. The fourth-order valence-corrected chi connectivity index (χ4v) is 4.32. The number of hydrogen-bond donors (Lipinski definition) is 0. The van der Waals surface area contributed by atoms with Gasteiger partial charge in [0.15, 0.2) is 15.6 Å². The molecular formula is C13H17N3O4S. The average molecular weight is 311 g/mol. The van der Waals surface area contributed by atoms with Crippen molar-refractivity contribution in [1.82, 2.24) is 15.0 Å². The molecule has 2 aromatic heterocycles. The van der Waals surface area contributed by atoms with E-state index in [0.29, 0.717) is 30.4 Å². The molecule has 114 valence electrons. The van der Waals surface area contributed by atoms with Crippen LogP contribution in [0, 0.1) is 0 Å². The third kappa shape index (κ3) is 3.16. The first-order valence-corrected chi connectivity index (χ1v) is 8.70. The molecule has 21 heavy (non-hydrogen) atoms. The van der Waals surface area contributed by atoms with Gasteiger partial charge in [0.2, 0.25) is 11.7 Å². The van der Waals surface area contributed by atoms with E-state index >= 15 is 0 Å². The Morgan fingerprint density at radius 2 is 2.33 bits per heavy atom. The molecule has 0 saturated carbocycles. The molecule has 0 spiro atoms. The van der Waals surface area contributed by atoms with Crippen LogP contribution in [-0.4, -0.2) is 47.6 Å². The predicted molar refractivity (Wildman–Crippen MR) is 75.1 cm³/mol. The maximum atomic E-state index is 11.6. The molecule has 1 aliphatic heterocycles. The van der Waals surface area contributed by atoms with Crippen LogP contribution in [0.25, 0.3) is 11.6 Å². The molecule has 0 bridgehead atoms. The zero-order valence-corrected chi connectivity index (χ0v) is 12.5. The lowest BCUT2D eigenvalue weighted by Gasteiger charge is -2.24. The Labute approximate surface area is 122 Å². The summed E-state index contributed by atoms with van der Waals surface area (Å²) in [4.78, 5) is 6.35. The summed E-state index contributed by atoms with van der Waals surface area (Å²) < 4.78 is 33.6. The number of aromatic nitrogens is 2. The molecule has 1 aliphatic rings. The van der Waals surface area contributed by atoms with E-state index in [0.717, 1.165) is 6.54 Å². The van der Waals surface area contributed by atoms with Crippen LogP contribution < -0.4 is 0 Å². The topological polar surface area (TPSA) is 89.4 Å². The number of hydrogen-bond acceptors (Lipinski definition) is 7. The molecule has 0 aliphatic carbocycles. The Hall–Kier alpha value is -1.67. The standard InChI is InChI=1S/C13H17N3O4S/c1-2-16(10-5-7-21(17,18)9-10)8-12-14-13(15-20-12)11-4-3-6-19-11/h3-4,6,10H,2,5,7-9H2,1H3/t10-/m0/s1. The van der Waals surface area contributed by atoms with Gasteiger partial charge in [0.05, 0.1) is 24.3 Å². The maximum absolute atomic E-state index is 11.6. The smallest absolute Gasteiger partial charge is 0.241 e. The second-order valence-electron chi connectivity index (χ2n) is 5.11. The van der Waals surface area contributed by atoms with E-state index in [-0.39, 0.29) is 17.5 Å². The van der Waals surface area contributed by atoms with Crippen LogP contribution in [0.2, 0.25) is 0 Å². The van der Waals surface area contributed by atoms with Gasteiger partial charge in [-0.25, -0.2) is 8.42 Å². The van der Waals surface area contributed by atoms with Crippen LogP contribution in [0.1, 0.15) is 19.2 Å². The summed E-state index contributed by atoms with van der Waals surface area (Å²) in [5.74, 6) is 1.89. The molecular weight excluding hydrogens is 294 g/mol. The summed E-state index contributed by atoms with van der Waals surface area (Å²) in [6.45, 7) is 3.18. The maximum Gasteiger partial charge on any atom is 0.241 e. The molecule has 8 heteroatoms. The largest absolute Gasteiger partial charge is 0.461 e. The van der Waals surface area contributed by atoms with Gasteiger partial charge in [0.25, 0.3) is 0 Å². The Bertz CT molecular complexity index is 693. The van der Waals surface area contributed by atoms with Crippen molar-refractivity contribution in [3.63, 3.8) is 0 Å². The Kier molecular flexibility index (Phi) is 3.81. The quantitative estimate of drug-likeness (QED) is 0.823. The SMILES string of the molecule is CCN(Cc1nc(-c2ccco2)no1)[C@H]1CCS(=O)(=O)C1. The highest BCUT2D eigenvalue weighted by Crippen LogP contribution is 2.21. The molecule has 0 amide bonds. The minimum atomic E-state index is -2.90. The summed E-state index contributed by atoms with van der Waals surface area (Å²) in [5, 5.41) is 3.88. The summed E-state index contributed by atoms with van der Waals surface area (Å²) in [6, 6.07) is 3.54. The van der Waals surface area contributed by atoms with E-state index in [1.54, 1.807) is 18.4 Å². The highest BCUT2D eigenvalue weighted by molar-refractivity contribution is 7.91. The lowest BCUT2D eigenvalue weighted by molar-refractivity contribution is 0.186. The molecule has 7 nitrogen and oxygen atoms in total. The molecule has 1 fully saturated rings. The normalized spacial score (nSPS) is 21.1. The van der Waals surface area contributed by atoms with Crippen molar-refractivity contribution in [2.75, 3.05) is 18.1 Å². The highest BCUT2D eigenvalue weighted by Gasteiger charge is 2.32. The molecule has 2 aromatic rings. The van der Waals surface area contributed by atoms with Gasteiger partial charge in [-0.15, -0.1) is 0 Å². The molecule has 0 radical (unpaired) electrons. The van der Waals surface area contributed by atoms with E-state index in [1.807, 2.05) is 6.92 Å². The molecule has 1 atom stereocenters. The van der Waals surface area contributed by atoms with Crippen LogP contribution in [0.5, 0.6) is 0 Å². The van der Waals surface area contributed by atoms with Crippen LogP contribution in [0.15, 0.2) is 27.3 Å². The van der Waals surface area contributed by atoms with Crippen molar-refractivity contribution in [2.24, 2.45) is 0 Å². The van der Waals surface area contributed by atoms with Crippen LogP contribution in [0.4, 0.5) is 0 Å². The van der Waals surface area contributed by atoms with Crippen LogP contribution in [0.3, 0.4) is 0 Å². The summed E-state index contributed by atoms with van der Waals surface area (Å²) in [6.07, 6.45) is 2.21. The number of sulfone groups is 1. The number of furan rings is 1. The van der Waals surface area contributed by atoms with Gasteiger partial charge in [0.1, 0.15) is 0 Å². The highest BCUT2D eigenvalue weighted by atomic mass is 32.2. The zero-order valence-electron chi connectivity index (χ0n) is 11.7. The molecule has 3 rings (SSSR count). The van der Waals surface area contributed by atoms with Gasteiger partial charge in [-0.05, 0) is 25.1 Å². The summed E-state index contributed by atoms with van der Waals surface area (Å²) in [5.41, 5.74) is 0. The van der Waals surface area contributed by atoms with Gasteiger partial charge in [-0.3, -0.25) is 4.90 Å². The lowest BCUT2D eigenvalue weighted by Crippen LogP contribution is -2.35. The second-order valence-corrected chi connectivity index (χ2v) is 7.34. The minimum Gasteiger partial charge on any atom is -0.461 e. The first kappa shape index (κ1) is 14.3. The van der Waals surface area contributed by atoms with E-state index in [2.05, 4.69) is 15.0 Å². The molecule has 1 saturated heterocycles. The number of nitrogens with zero attached hydrogens (tertiary/aromatic N) is 3. The Balaban J connectivity index is 1.70. The van der Waals surface area contributed by atoms with Gasteiger partial charge in [-0.1, -0.05) is 12.1 Å². The van der Waals surface area contributed by atoms with Crippen molar-refractivity contribution < 1.29 is 17.4 Å². The van der Waals surface area contributed by atoms with Gasteiger partial charge < -0.3 is 8.94 Å². The molecule has 3 heterocycles. The van der Waals surface area contributed by atoms with E-state index in [1.165, 1.54) is 0 Å². The first-order valence-electron chi connectivity index (χ1n) is 6.88. The van der Waals surface area contributed by atoms with Crippen molar-refractivity contribution >= 4 is 9.84 Å². The van der Waals surface area contributed by atoms with Crippen LogP contribution >= 0.6 is 0 Å². The predicted octanol–water partition coefficient (Wildman–Crippen LogP) is 1.34. The number of rotatable bonds is 5. The van der Waals surface area contributed by atoms with Crippen molar-refractivity contribution in [1.29, 1.82) is 0 Å². The zero-order chi connectivity index (χ0) is 14.9. The summed E-state index contributed by atoms with van der Waals surface area (Å²) >= 11 is 0. The second kappa shape index (κ2) is 5.61. The molecule has 0 unspecified atom stereocenters. The average Bonchev–Trinajstić information content (AvgIpc) is 3.15. The first-order chi connectivity index (χ1) is 10.1. The van der Waals surface area contributed by atoms with E-state index in [9.17, 15) is 8.42 Å². The molecule has 0 aromatic carbocycles. The molecule has 0 N–H and O–H groups in total. The van der Waals surface area contributed by atoms with Crippen molar-refractivity contribution in [3.8, 4) is 11.6 Å². The van der Waals surface area contributed by atoms with Gasteiger partial charge in [0, 0.05) is 6.04 Å². The van der Waals surface area contributed by atoms with Gasteiger partial charge >= 0.3 is 0 Å².